The zero-order valence-corrected chi connectivity index (χ0v) is 13.1. The Morgan fingerprint density at radius 1 is 0.900 bits per heavy atom. The Kier molecular flexibility index (Phi) is 4.59. The molecule has 0 atom stereocenters. The molecule has 0 saturated heterocycles. The maximum absolute atomic E-state index is 12.4. The number of rotatable bonds is 3. The fourth-order valence-corrected chi connectivity index (χ4v) is 3.39. The van der Waals surface area contributed by atoms with Crippen LogP contribution in [0, 0.1) is 0 Å². The van der Waals surface area contributed by atoms with E-state index in [0.29, 0.717) is 17.2 Å². The van der Waals surface area contributed by atoms with E-state index in [2.05, 4.69) is 18.7 Å². The van der Waals surface area contributed by atoms with E-state index in [4.69, 9.17) is 0 Å². The Morgan fingerprint density at radius 3 is 1.65 bits per heavy atom. The van der Waals surface area contributed by atoms with Crippen molar-refractivity contribution in [3.05, 3.63) is 22.3 Å². The summed E-state index contributed by atoms with van der Waals surface area (Å²) in [5.74, 6) is 0.201. The fourth-order valence-electron chi connectivity index (χ4n) is 3.39. The predicted octanol–water partition coefficient (Wildman–Crippen LogP) is 3.06. The molecule has 2 rings (SSSR count). The van der Waals surface area contributed by atoms with Crippen molar-refractivity contribution in [2.24, 2.45) is 0 Å². The van der Waals surface area contributed by atoms with Crippen molar-refractivity contribution in [1.29, 1.82) is 0 Å². The lowest BCUT2D eigenvalue weighted by molar-refractivity contribution is -0.116. The van der Waals surface area contributed by atoms with Gasteiger partial charge in [-0.2, -0.15) is 0 Å². The molecule has 0 bridgehead atoms. The molecule has 1 aliphatic heterocycles. The van der Waals surface area contributed by atoms with E-state index in [1.807, 2.05) is 0 Å². The van der Waals surface area contributed by atoms with E-state index in [0.717, 1.165) is 49.9 Å². The molecule has 2 aliphatic rings. The molecule has 0 unspecified atom stereocenters. The molecular weight excluding hydrogens is 250 g/mol. The molecule has 20 heavy (non-hydrogen) atoms. The van der Waals surface area contributed by atoms with Gasteiger partial charge in [0.1, 0.15) is 0 Å². The normalized spacial score (nSPS) is 21.6. The van der Waals surface area contributed by atoms with Crippen molar-refractivity contribution in [2.75, 3.05) is 13.1 Å². The molecule has 0 amide bonds. The van der Waals surface area contributed by atoms with Crippen LogP contribution < -0.4 is 0 Å². The number of hydrogen-bond acceptors (Lipinski definition) is 3. The molecular formula is C17H25NO2. The highest BCUT2D eigenvalue weighted by Gasteiger charge is 2.32. The highest BCUT2D eigenvalue weighted by Crippen LogP contribution is 2.31. The zero-order valence-electron chi connectivity index (χ0n) is 13.1. The largest absolute Gasteiger partial charge is 0.300 e. The van der Waals surface area contributed by atoms with E-state index < -0.39 is 0 Å². The standard InChI is InChI=1S/C17H25NO2/c1-5-13(6-2)18-9-7-14-15(8-10-18)17(20)12(4)11(3)16(14)19/h13H,5-10H2,1-4H3. The Labute approximate surface area is 121 Å². The Bertz CT molecular complexity index is 457. The van der Waals surface area contributed by atoms with Gasteiger partial charge < -0.3 is 0 Å². The summed E-state index contributed by atoms with van der Waals surface area (Å²) in [7, 11) is 0. The second kappa shape index (κ2) is 6.04. The van der Waals surface area contributed by atoms with Gasteiger partial charge in [-0.25, -0.2) is 0 Å². The summed E-state index contributed by atoms with van der Waals surface area (Å²) in [4.78, 5) is 27.2. The third-order valence-corrected chi connectivity index (χ3v) is 4.91. The maximum Gasteiger partial charge on any atom is 0.185 e. The lowest BCUT2D eigenvalue weighted by atomic mass is 9.83. The van der Waals surface area contributed by atoms with Crippen molar-refractivity contribution < 1.29 is 9.59 Å². The number of hydrogen-bond donors (Lipinski definition) is 0. The topological polar surface area (TPSA) is 37.4 Å². The van der Waals surface area contributed by atoms with Gasteiger partial charge in [-0.3, -0.25) is 14.5 Å². The molecule has 0 aromatic heterocycles. The molecule has 0 aromatic carbocycles. The minimum Gasteiger partial charge on any atom is -0.300 e. The Balaban J connectivity index is 2.23. The van der Waals surface area contributed by atoms with Crippen LogP contribution in [-0.4, -0.2) is 35.6 Å². The molecule has 0 N–H and O–H groups in total. The van der Waals surface area contributed by atoms with E-state index in [9.17, 15) is 9.59 Å². The second-order valence-electron chi connectivity index (χ2n) is 5.87. The van der Waals surface area contributed by atoms with Crippen molar-refractivity contribution in [2.45, 2.75) is 59.4 Å². The minimum atomic E-state index is 0.100. The number of carbonyl (C=O) groups excluding carboxylic acids is 2. The molecule has 0 saturated carbocycles. The van der Waals surface area contributed by atoms with Crippen LogP contribution in [0.15, 0.2) is 22.3 Å². The van der Waals surface area contributed by atoms with E-state index in [1.54, 1.807) is 13.8 Å². The van der Waals surface area contributed by atoms with Crippen molar-refractivity contribution >= 4 is 11.6 Å². The van der Waals surface area contributed by atoms with Gasteiger partial charge in [0.25, 0.3) is 0 Å². The summed E-state index contributed by atoms with van der Waals surface area (Å²) in [5, 5.41) is 0. The van der Waals surface area contributed by atoms with Crippen LogP contribution in [0.2, 0.25) is 0 Å². The van der Waals surface area contributed by atoms with Gasteiger partial charge in [-0.05, 0) is 39.5 Å². The Morgan fingerprint density at radius 2 is 1.30 bits per heavy atom. The SMILES string of the molecule is CCC(CC)N1CCC2=C(CC1)C(=O)C(C)=C(C)C2=O. The average molecular weight is 275 g/mol. The monoisotopic (exact) mass is 275 g/mol. The summed E-state index contributed by atoms with van der Waals surface area (Å²) in [5.41, 5.74) is 2.85. The maximum atomic E-state index is 12.4. The lowest BCUT2D eigenvalue weighted by Crippen LogP contribution is -2.35. The predicted molar refractivity (Wildman–Crippen MR) is 80.6 cm³/mol. The van der Waals surface area contributed by atoms with Crippen LogP contribution in [0.4, 0.5) is 0 Å². The van der Waals surface area contributed by atoms with E-state index >= 15 is 0 Å². The van der Waals surface area contributed by atoms with Crippen molar-refractivity contribution in [3.8, 4) is 0 Å². The molecule has 3 heteroatoms. The van der Waals surface area contributed by atoms with Gasteiger partial charge in [-0.1, -0.05) is 13.8 Å². The molecule has 0 aromatic rings. The Hall–Kier alpha value is -1.22. The van der Waals surface area contributed by atoms with E-state index in [1.165, 1.54) is 0 Å². The third-order valence-electron chi connectivity index (χ3n) is 4.91. The summed E-state index contributed by atoms with van der Waals surface area (Å²) in [6, 6.07) is 0.566. The molecule has 1 aliphatic carbocycles. The summed E-state index contributed by atoms with van der Waals surface area (Å²) < 4.78 is 0. The highest BCUT2D eigenvalue weighted by atomic mass is 16.1. The van der Waals surface area contributed by atoms with Crippen LogP contribution in [0.25, 0.3) is 0 Å². The fraction of sp³-hybridized carbons (Fsp3) is 0.647. The van der Waals surface area contributed by atoms with E-state index in [-0.39, 0.29) is 11.6 Å². The molecule has 0 radical (unpaired) electrons. The number of Topliss-reactive ketones (excluding diaryl/α,β-unsaturated/α-hetero) is 2. The summed E-state index contributed by atoms with van der Waals surface area (Å²) in [6.45, 7) is 9.77. The molecule has 3 nitrogen and oxygen atoms in total. The quantitative estimate of drug-likeness (QED) is 0.743. The number of ketones is 2. The summed E-state index contributed by atoms with van der Waals surface area (Å²) >= 11 is 0. The van der Waals surface area contributed by atoms with Crippen LogP contribution in [-0.2, 0) is 9.59 Å². The minimum absolute atomic E-state index is 0.100. The van der Waals surface area contributed by atoms with Gasteiger partial charge in [0.2, 0.25) is 0 Å². The first kappa shape index (κ1) is 15.2. The van der Waals surface area contributed by atoms with Crippen LogP contribution >= 0.6 is 0 Å². The molecule has 110 valence electrons. The van der Waals surface area contributed by atoms with Crippen LogP contribution in [0.3, 0.4) is 0 Å². The number of allylic oxidation sites excluding steroid dienone is 2. The first-order chi connectivity index (χ1) is 9.51. The lowest BCUT2D eigenvalue weighted by Gasteiger charge is -2.29. The van der Waals surface area contributed by atoms with Gasteiger partial charge in [0, 0.05) is 41.4 Å². The zero-order chi connectivity index (χ0) is 14.9. The van der Waals surface area contributed by atoms with Gasteiger partial charge >= 0.3 is 0 Å². The van der Waals surface area contributed by atoms with Gasteiger partial charge in [0.05, 0.1) is 0 Å². The smallest absolute Gasteiger partial charge is 0.185 e. The third kappa shape index (κ3) is 2.51. The first-order valence-electron chi connectivity index (χ1n) is 7.74. The summed E-state index contributed by atoms with van der Waals surface area (Å²) in [6.07, 6.45) is 3.70. The first-order valence-corrected chi connectivity index (χ1v) is 7.74. The molecule has 1 heterocycles. The second-order valence-corrected chi connectivity index (χ2v) is 5.87. The number of carbonyl (C=O) groups is 2. The van der Waals surface area contributed by atoms with Gasteiger partial charge in [-0.15, -0.1) is 0 Å². The van der Waals surface area contributed by atoms with Crippen molar-refractivity contribution in [3.63, 3.8) is 0 Å². The van der Waals surface area contributed by atoms with Crippen LogP contribution in [0.5, 0.6) is 0 Å². The van der Waals surface area contributed by atoms with Gasteiger partial charge in [0.15, 0.2) is 11.6 Å². The highest BCUT2D eigenvalue weighted by molar-refractivity contribution is 6.24. The number of nitrogens with zero attached hydrogens (tertiary/aromatic N) is 1. The van der Waals surface area contributed by atoms with Crippen molar-refractivity contribution in [1.82, 2.24) is 4.90 Å². The molecule has 0 fully saturated rings. The van der Waals surface area contributed by atoms with Crippen LogP contribution in [0.1, 0.15) is 53.4 Å². The average Bonchev–Trinajstić information content (AvgIpc) is 2.67. The molecule has 0 spiro atoms.